The van der Waals surface area contributed by atoms with E-state index in [1.165, 1.54) is 5.56 Å². The molecule has 0 saturated carbocycles. The molecule has 4 nitrogen and oxygen atoms in total. The molecule has 22 heavy (non-hydrogen) atoms. The molecular weight excluding hydrogens is 276 g/mol. The third-order valence-corrected chi connectivity index (χ3v) is 3.90. The highest BCUT2D eigenvalue weighted by atomic mass is 16.5. The Hall–Kier alpha value is -2.36. The number of ether oxygens (including phenoxy) is 1. The zero-order valence-corrected chi connectivity index (χ0v) is 12.8. The van der Waals surface area contributed by atoms with Crippen LogP contribution in [0, 0.1) is 6.92 Å². The van der Waals surface area contributed by atoms with Gasteiger partial charge in [0.1, 0.15) is 6.61 Å². The van der Waals surface area contributed by atoms with Gasteiger partial charge in [-0.05, 0) is 25.0 Å². The van der Waals surface area contributed by atoms with E-state index in [2.05, 4.69) is 36.2 Å². The minimum absolute atomic E-state index is 0.228. The van der Waals surface area contributed by atoms with Crippen molar-refractivity contribution in [2.75, 3.05) is 19.7 Å². The van der Waals surface area contributed by atoms with E-state index in [4.69, 9.17) is 4.74 Å². The van der Waals surface area contributed by atoms with Gasteiger partial charge < -0.3 is 9.64 Å². The lowest BCUT2D eigenvalue weighted by Crippen LogP contribution is -2.29. The lowest BCUT2D eigenvalue weighted by atomic mass is 10.1. The first kappa shape index (κ1) is 14.6. The first-order valence-corrected chi connectivity index (χ1v) is 7.66. The van der Waals surface area contributed by atoms with E-state index in [9.17, 15) is 4.79 Å². The zero-order valence-electron chi connectivity index (χ0n) is 12.8. The average molecular weight is 296 g/mol. The molecule has 0 unspecified atom stereocenters. The van der Waals surface area contributed by atoms with Crippen LogP contribution in [0.4, 0.5) is 0 Å². The Bertz CT molecular complexity index is 635. The fourth-order valence-electron chi connectivity index (χ4n) is 2.58. The van der Waals surface area contributed by atoms with Crippen molar-refractivity contribution in [2.45, 2.75) is 19.8 Å². The smallest absolute Gasteiger partial charge is 0.222 e. The standard InChI is InChI=1S/C18H20N2O2/c1-14-4-6-15(7-5-14)16-8-9-17(19-13-16)22-12-11-20-10-2-3-18(20)21/h4-9,13H,2-3,10-12H2,1H3. The molecule has 2 heterocycles. The monoisotopic (exact) mass is 296 g/mol. The second-order valence-corrected chi connectivity index (χ2v) is 5.58. The van der Waals surface area contributed by atoms with Gasteiger partial charge >= 0.3 is 0 Å². The minimum Gasteiger partial charge on any atom is -0.476 e. The lowest BCUT2D eigenvalue weighted by Gasteiger charge is -2.15. The van der Waals surface area contributed by atoms with Crippen LogP contribution in [-0.4, -0.2) is 35.5 Å². The van der Waals surface area contributed by atoms with Crippen LogP contribution in [0.5, 0.6) is 5.88 Å². The number of aryl methyl sites for hydroxylation is 1. The summed E-state index contributed by atoms with van der Waals surface area (Å²) in [4.78, 5) is 17.7. The van der Waals surface area contributed by atoms with Crippen LogP contribution in [0.25, 0.3) is 11.1 Å². The van der Waals surface area contributed by atoms with Gasteiger partial charge in [-0.25, -0.2) is 4.98 Å². The minimum atomic E-state index is 0.228. The van der Waals surface area contributed by atoms with Crippen LogP contribution >= 0.6 is 0 Å². The number of nitrogens with zero attached hydrogens (tertiary/aromatic N) is 2. The van der Waals surface area contributed by atoms with Gasteiger partial charge in [0, 0.05) is 30.8 Å². The van der Waals surface area contributed by atoms with Crippen LogP contribution in [0.3, 0.4) is 0 Å². The Labute approximate surface area is 130 Å². The number of hydrogen-bond acceptors (Lipinski definition) is 3. The molecule has 0 radical (unpaired) electrons. The summed E-state index contributed by atoms with van der Waals surface area (Å²) in [6.07, 6.45) is 3.45. The number of hydrogen-bond donors (Lipinski definition) is 0. The van der Waals surface area contributed by atoms with Crippen molar-refractivity contribution in [2.24, 2.45) is 0 Å². The fourth-order valence-corrected chi connectivity index (χ4v) is 2.58. The van der Waals surface area contributed by atoms with E-state index in [1.54, 1.807) is 0 Å². The maximum Gasteiger partial charge on any atom is 0.222 e. The van der Waals surface area contributed by atoms with E-state index in [-0.39, 0.29) is 5.91 Å². The van der Waals surface area contributed by atoms with Gasteiger partial charge in [-0.15, -0.1) is 0 Å². The molecule has 0 aliphatic carbocycles. The molecular formula is C18H20N2O2. The Morgan fingerprint density at radius 3 is 2.55 bits per heavy atom. The van der Waals surface area contributed by atoms with Gasteiger partial charge in [-0.2, -0.15) is 0 Å². The van der Waals surface area contributed by atoms with Crippen molar-refractivity contribution in [3.8, 4) is 17.0 Å². The van der Waals surface area contributed by atoms with Crippen LogP contribution in [0.15, 0.2) is 42.6 Å². The third-order valence-electron chi connectivity index (χ3n) is 3.90. The lowest BCUT2D eigenvalue weighted by molar-refractivity contribution is -0.128. The van der Waals surface area contributed by atoms with E-state index < -0.39 is 0 Å². The molecule has 0 atom stereocenters. The number of aromatic nitrogens is 1. The number of pyridine rings is 1. The quantitative estimate of drug-likeness (QED) is 0.851. The van der Waals surface area contributed by atoms with Crippen LogP contribution < -0.4 is 4.74 Å². The van der Waals surface area contributed by atoms with Gasteiger partial charge in [0.15, 0.2) is 0 Å². The van der Waals surface area contributed by atoms with E-state index in [1.807, 2.05) is 23.2 Å². The van der Waals surface area contributed by atoms with Crippen molar-refractivity contribution in [1.29, 1.82) is 0 Å². The van der Waals surface area contributed by atoms with Crippen molar-refractivity contribution < 1.29 is 9.53 Å². The first-order chi connectivity index (χ1) is 10.7. The van der Waals surface area contributed by atoms with Gasteiger partial charge in [0.25, 0.3) is 0 Å². The first-order valence-electron chi connectivity index (χ1n) is 7.66. The van der Waals surface area contributed by atoms with Crippen molar-refractivity contribution in [1.82, 2.24) is 9.88 Å². The SMILES string of the molecule is Cc1ccc(-c2ccc(OCCN3CCCC3=O)nc2)cc1. The Kier molecular flexibility index (Phi) is 4.37. The van der Waals surface area contributed by atoms with Crippen molar-refractivity contribution in [3.63, 3.8) is 0 Å². The highest BCUT2D eigenvalue weighted by molar-refractivity contribution is 5.78. The average Bonchev–Trinajstić information content (AvgIpc) is 2.94. The summed E-state index contributed by atoms with van der Waals surface area (Å²) in [5, 5.41) is 0. The van der Waals surface area contributed by atoms with E-state index in [0.717, 1.165) is 24.1 Å². The Balaban J connectivity index is 1.55. The van der Waals surface area contributed by atoms with Gasteiger partial charge in [-0.1, -0.05) is 29.8 Å². The molecule has 1 aliphatic heterocycles. The summed E-state index contributed by atoms with van der Waals surface area (Å²) >= 11 is 0. The molecule has 4 heteroatoms. The molecule has 0 spiro atoms. The molecule has 1 fully saturated rings. The van der Waals surface area contributed by atoms with Gasteiger partial charge in [-0.3, -0.25) is 4.79 Å². The van der Waals surface area contributed by atoms with E-state index in [0.29, 0.717) is 25.5 Å². The normalized spacial score (nSPS) is 14.4. The van der Waals surface area contributed by atoms with Crippen LogP contribution in [0.2, 0.25) is 0 Å². The maximum atomic E-state index is 11.5. The predicted octanol–water partition coefficient (Wildman–Crippen LogP) is 3.06. The number of amides is 1. The zero-order chi connectivity index (χ0) is 15.4. The molecule has 1 amide bonds. The second kappa shape index (κ2) is 6.60. The molecule has 0 N–H and O–H groups in total. The largest absolute Gasteiger partial charge is 0.476 e. The topological polar surface area (TPSA) is 42.4 Å². The maximum absolute atomic E-state index is 11.5. The highest BCUT2D eigenvalue weighted by Crippen LogP contribution is 2.20. The summed E-state index contributed by atoms with van der Waals surface area (Å²) in [6.45, 7) is 4.05. The summed E-state index contributed by atoms with van der Waals surface area (Å²) in [6, 6.07) is 12.2. The number of benzene rings is 1. The summed E-state index contributed by atoms with van der Waals surface area (Å²) < 4.78 is 5.62. The van der Waals surface area contributed by atoms with Gasteiger partial charge in [0.2, 0.25) is 11.8 Å². The third kappa shape index (κ3) is 3.45. The molecule has 1 aromatic heterocycles. The van der Waals surface area contributed by atoms with Crippen LogP contribution in [0.1, 0.15) is 18.4 Å². The number of carbonyl (C=O) groups is 1. The molecule has 1 aliphatic rings. The van der Waals surface area contributed by atoms with Crippen LogP contribution in [-0.2, 0) is 4.79 Å². The van der Waals surface area contributed by atoms with Crippen molar-refractivity contribution in [3.05, 3.63) is 48.2 Å². The van der Waals surface area contributed by atoms with E-state index >= 15 is 0 Å². The molecule has 0 bridgehead atoms. The molecule has 1 saturated heterocycles. The fraction of sp³-hybridized carbons (Fsp3) is 0.333. The number of likely N-dealkylation sites (tertiary alicyclic amines) is 1. The Morgan fingerprint density at radius 2 is 1.91 bits per heavy atom. The molecule has 2 aromatic rings. The summed E-state index contributed by atoms with van der Waals surface area (Å²) in [5.41, 5.74) is 3.46. The highest BCUT2D eigenvalue weighted by Gasteiger charge is 2.19. The van der Waals surface area contributed by atoms with Crippen molar-refractivity contribution >= 4 is 5.91 Å². The molecule has 3 rings (SSSR count). The molecule has 1 aromatic carbocycles. The number of carbonyl (C=O) groups excluding carboxylic acids is 1. The van der Waals surface area contributed by atoms with Gasteiger partial charge in [0.05, 0.1) is 6.54 Å². The predicted molar refractivity (Wildman–Crippen MR) is 85.7 cm³/mol. The summed E-state index contributed by atoms with van der Waals surface area (Å²) in [7, 11) is 0. The summed E-state index contributed by atoms with van der Waals surface area (Å²) in [5.74, 6) is 0.828. The Morgan fingerprint density at radius 1 is 1.14 bits per heavy atom. The number of rotatable bonds is 5. The molecule has 114 valence electrons. The second-order valence-electron chi connectivity index (χ2n) is 5.58.